The monoisotopic (exact) mass is 276 g/mol. The zero-order chi connectivity index (χ0) is 14.4. The minimum Gasteiger partial charge on any atom is -0.505 e. The summed E-state index contributed by atoms with van der Waals surface area (Å²) in [6.07, 6.45) is -1.18. The van der Waals surface area contributed by atoms with Crippen molar-refractivity contribution in [1.82, 2.24) is 0 Å². The molecule has 1 heterocycles. The van der Waals surface area contributed by atoms with E-state index < -0.39 is 42.4 Å². The Morgan fingerprint density at radius 3 is 2.68 bits per heavy atom. The molecular weight excluding hydrogens is 256 g/mol. The molecule has 0 aromatic heterocycles. The summed E-state index contributed by atoms with van der Waals surface area (Å²) >= 11 is 0. The molecular formula is C12H20O7. The highest BCUT2D eigenvalue weighted by Crippen LogP contribution is 2.24. The molecule has 3 atom stereocenters. The Morgan fingerprint density at radius 1 is 1.42 bits per heavy atom. The predicted molar refractivity (Wildman–Crippen MR) is 64.1 cm³/mol. The van der Waals surface area contributed by atoms with E-state index in [4.69, 9.17) is 9.84 Å². The Labute approximate surface area is 111 Å². The fraction of sp³-hybridized carbons (Fsp3) is 0.750. The molecule has 1 aliphatic rings. The van der Waals surface area contributed by atoms with Gasteiger partial charge in [-0.05, 0) is 6.42 Å². The largest absolute Gasteiger partial charge is 0.505 e. The third kappa shape index (κ3) is 4.09. The van der Waals surface area contributed by atoms with E-state index in [0.717, 1.165) is 12.8 Å². The number of hydrogen-bond acceptors (Lipinski definition) is 7. The van der Waals surface area contributed by atoms with Gasteiger partial charge < -0.3 is 29.9 Å². The van der Waals surface area contributed by atoms with Gasteiger partial charge in [0.1, 0.15) is 12.7 Å². The molecule has 0 bridgehead atoms. The number of ether oxygens (including phenoxy) is 2. The van der Waals surface area contributed by atoms with E-state index in [0.29, 0.717) is 6.42 Å². The molecule has 0 spiro atoms. The summed E-state index contributed by atoms with van der Waals surface area (Å²) in [5, 5.41) is 37.3. The Hall–Kier alpha value is -1.31. The van der Waals surface area contributed by atoms with Crippen LogP contribution in [-0.2, 0) is 14.3 Å². The standard InChI is InChI=1S/C12H20O7/c1-2-3-4-7(14)6-18-11-9(16)10(8(15)5-13)19-12(11)17/h7-8,10,13-16H,2-6H2,1H3/t7?,8-,10+/m0/s1. The van der Waals surface area contributed by atoms with Crippen LogP contribution >= 0.6 is 0 Å². The van der Waals surface area contributed by atoms with E-state index in [1.807, 2.05) is 6.92 Å². The van der Waals surface area contributed by atoms with Crippen LogP contribution in [0, 0.1) is 0 Å². The molecule has 19 heavy (non-hydrogen) atoms. The van der Waals surface area contributed by atoms with Gasteiger partial charge in [-0.3, -0.25) is 0 Å². The summed E-state index contributed by atoms with van der Waals surface area (Å²) in [4.78, 5) is 11.4. The van der Waals surface area contributed by atoms with Crippen LogP contribution in [0.3, 0.4) is 0 Å². The molecule has 4 N–H and O–H groups in total. The van der Waals surface area contributed by atoms with Crippen LogP contribution in [0.25, 0.3) is 0 Å². The lowest BCUT2D eigenvalue weighted by molar-refractivity contribution is -0.148. The third-order valence-electron chi connectivity index (χ3n) is 2.77. The average molecular weight is 276 g/mol. The molecule has 0 saturated carbocycles. The van der Waals surface area contributed by atoms with Gasteiger partial charge in [0, 0.05) is 0 Å². The first-order valence-corrected chi connectivity index (χ1v) is 6.25. The number of carbonyl (C=O) groups is 1. The molecule has 0 aromatic carbocycles. The minimum absolute atomic E-state index is 0.142. The number of hydrogen-bond donors (Lipinski definition) is 4. The molecule has 110 valence electrons. The molecule has 0 amide bonds. The lowest BCUT2D eigenvalue weighted by atomic mass is 10.2. The summed E-state index contributed by atoms with van der Waals surface area (Å²) in [6.45, 7) is 1.18. The number of cyclic esters (lactones) is 1. The van der Waals surface area contributed by atoms with Gasteiger partial charge in [-0.15, -0.1) is 0 Å². The number of aliphatic hydroxyl groups is 4. The van der Waals surface area contributed by atoms with Crippen LogP contribution in [-0.4, -0.2) is 57.9 Å². The molecule has 7 heteroatoms. The predicted octanol–water partition coefficient (Wildman–Crippen LogP) is -0.398. The van der Waals surface area contributed by atoms with Gasteiger partial charge in [-0.2, -0.15) is 0 Å². The van der Waals surface area contributed by atoms with Crippen molar-refractivity contribution in [2.75, 3.05) is 13.2 Å². The van der Waals surface area contributed by atoms with E-state index in [1.165, 1.54) is 0 Å². The van der Waals surface area contributed by atoms with Crippen LogP contribution in [0.15, 0.2) is 11.5 Å². The van der Waals surface area contributed by atoms with Gasteiger partial charge in [0.15, 0.2) is 11.9 Å². The normalized spacial score (nSPS) is 22.3. The molecule has 0 aromatic rings. The van der Waals surface area contributed by atoms with Crippen molar-refractivity contribution in [2.24, 2.45) is 0 Å². The molecule has 0 aliphatic carbocycles. The third-order valence-corrected chi connectivity index (χ3v) is 2.77. The van der Waals surface area contributed by atoms with Crippen molar-refractivity contribution in [2.45, 2.75) is 44.5 Å². The first-order chi connectivity index (χ1) is 9.01. The van der Waals surface area contributed by atoms with Crippen molar-refractivity contribution in [3.8, 4) is 0 Å². The average Bonchev–Trinajstić information content (AvgIpc) is 2.68. The summed E-state index contributed by atoms with van der Waals surface area (Å²) in [6, 6.07) is 0. The maximum absolute atomic E-state index is 11.4. The molecule has 0 saturated heterocycles. The fourth-order valence-electron chi connectivity index (χ4n) is 1.65. The number of unbranched alkanes of at least 4 members (excludes halogenated alkanes) is 1. The van der Waals surface area contributed by atoms with Gasteiger partial charge in [0.25, 0.3) is 0 Å². The van der Waals surface area contributed by atoms with Crippen LogP contribution in [0.4, 0.5) is 0 Å². The topological polar surface area (TPSA) is 116 Å². The number of aliphatic hydroxyl groups excluding tert-OH is 4. The Balaban J connectivity index is 2.56. The van der Waals surface area contributed by atoms with Crippen LogP contribution in [0.2, 0.25) is 0 Å². The van der Waals surface area contributed by atoms with Crippen molar-refractivity contribution >= 4 is 5.97 Å². The number of carbonyl (C=O) groups excluding carboxylic acids is 1. The van der Waals surface area contributed by atoms with E-state index in [9.17, 15) is 20.1 Å². The van der Waals surface area contributed by atoms with Crippen molar-refractivity contribution < 1.29 is 34.7 Å². The highest BCUT2D eigenvalue weighted by molar-refractivity contribution is 5.89. The summed E-state index contributed by atoms with van der Waals surface area (Å²) in [5.41, 5.74) is 0. The number of rotatable bonds is 8. The van der Waals surface area contributed by atoms with Crippen LogP contribution in [0.1, 0.15) is 26.2 Å². The van der Waals surface area contributed by atoms with Gasteiger partial charge in [0.05, 0.1) is 12.7 Å². The second kappa shape index (κ2) is 7.32. The Bertz CT molecular complexity index is 339. The highest BCUT2D eigenvalue weighted by Gasteiger charge is 2.40. The first-order valence-electron chi connectivity index (χ1n) is 6.25. The van der Waals surface area contributed by atoms with E-state index in [1.54, 1.807) is 0 Å². The second-order valence-corrected chi connectivity index (χ2v) is 4.40. The minimum atomic E-state index is -1.41. The highest BCUT2D eigenvalue weighted by atomic mass is 16.6. The van der Waals surface area contributed by atoms with E-state index >= 15 is 0 Å². The van der Waals surface area contributed by atoms with Gasteiger partial charge in [-0.25, -0.2) is 4.79 Å². The van der Waals surface area contributed by atoms with Crippen molar-refractivity contribution in [3.05, 3.63) is 11.5 Å². The molecule has 0 fully saturated rings. The summed E-state index contributed by atoms with van der Waals surface area (Å²) in [5.74, 6) is -1.90. The van der Waals surface area contributed by atoms with Gasteiger partial charge in [-0.1, -0.05) is 19.8 Å². The lowest BCUT2D eigenvalue weighted by Crippen LogP contribution is -2.31. The molecule has 0 radical (unpaired) electrons. The summed E-state index contributed by atoms with van der Waals surface area (Å²) in [7, 11) is 0. The smallest absolute Gasteiger partial charge is 0.378 e. The first kappa shape index (κ1) is 15.7. The van der Waals surface area contributed by atoms with Gasteiger partial charge >= 0.3 is 5.97 Å². The summed E-state index contributed by atoms with van der Waals surface area (Å²) < 4.78 is 9.70. The molecule has 7 nitrogen and oxygen atoms in total. The molecule has 1 aliphatic heterocycles. The van der Waals surface area contributed by atoms with E-state index in [-0.39, 0.29) is 6.61 Å². The lowest BCUT2D eigenvalue weighted by Gasteiger charge is -2.14. The van der Waals surface area contributed by atoms with Crippen LogP contribution < -0.4 is 0 Å². The molecule has 1 rings (SSSR count). The Morgan fingerprint density at radius 2 is 2.11 bits per heavy atom. The second-order valence-electron chi connectivity index (χ2n) is 4.40. The zero-order valence-corrected chi connectivity index (χ0v) is 10.8. The zero-order valence-electron chi connectivity index (χ0n) is 10.8. The Kier molecular flexibility index (Phi) is 6.07. The van der Waals surface area contributed by atoms with Crippen LogP contribution in [0.5, 0.6) is 0 Å². The SMILES string of the molecule is CCCCC(O)COC1=C(O)[C@@H]([C@@H](O)CO)OC1=O. The van der Waals surface area contributed by atoms with Crippen molar-refractivity contribution in [1.29, 1.82) is 0 Å². The quantitative estimate of drug-likeness (QED) is 0.446. The fourth-order valence-corrected chi connectivity index (χ4v) is 1.65. The maximum atomic E-state index is 11.4. The molecule has 1 unspecified atom stereocenters. The van der Waals surface area contributed by atoms with Crippen molar-refractivity contribution in [3.63, 3.8) is 0 Å². The van der Waals surface area contributed by atoms with Gasteiger partial charge in [0.2, 0.25) is 5.76 Å². The van der Waals surface area contributed by atoms with E-state index in [2.05, 4.69) is 4.74 Å². The number of esters is 1. The maximum Gasteiger partial charge on any atom is 0.378 e.